The number of hydrogen-bond donors (Lipinski definition) is 3. The SMILES string of the molecule is O=[N+]([O-])c1ccc(NNC(=S)NCCCc2ccccc2)c([N+](=O)[O-])c1. The van der Waals surface area contributed by atoms with Crippen molar-refractivity contribution in [2.45, 2.75) is 12.8 Å². The van der Waals surface area contributed by atoms with Crippen LogP contribution in [0.5, 0.6) is 0 Å². The molecule has 0 heterocycles. The average Bonchev–Trinajstić information content (AvgIpc) is 2.64. The number of non-ortho nitro benzene ring substituents is 1. The summed E-state index contributed by atoms with van der Waals surface area (Å²) in [4.78, 5) is 20.4. The maximum atomic E-state index is 11.1. The minimum absolute atomic E-state index is 0.0778. The molecule has 136 valence electrons. The number of hydrazine groups is 1. The molecule has 0 aliphatic rings. The monoisotopic (exact) mass is 375 g/mol. The number of aryl methyl sites for hydroxylation is 1. The van der Waals surface area contributed by atoms with Crippen molar-refractivity contribution in [3.63, 3.8) is 0 Å². The lowest BCUT2D eigenvalue weighted by Crippen LogP contribution is -2.39. The maximum Gasteiger partial charge on any atom is 0.300 e. The van der Waals surface area contributed by atoms with Gasteiger partial charge in [0, 0.05) is 12.6 Å². The van der Waals surface area contributed by atoms with E-state index in [-0.39, 0.29) is 16.5 Å². The molecule has 0 aromatic heterocycles. The van der Waals surface area contributed by atoms with Crippen molar-refractivity contribution < 1.29 is 9.85 Å². The van der Waals surface area contributed by atoms with Crippen molar-refractivity contribution in [1.82, 2.24) is 10.7 Å². The summed E-state index contributed by atoms with van der Waals surface area (Å²) in [6, 6.07) is 13.3. The van der Waals surface area contributed by atoms with E-state index in [2.05, 4.69) is 16.2 Å². The quantitative estimate of drug-likeness (QED) is 0.279. The van der Waals surface area contributed by atoms with Gasteiger partial charge in [0.05, 0.1) is 15.9 Å². The number of nitro benzene ring substituents is 2. The van der Waals surface area contributed by atoms with Gasteiger partial charge in [-0.05, 0) is 36.7 Å². The molecule has 0 amide bonds. The summed E-state index contributed by atoms with van der Waals surface area (Å²) < 4.78 is 0. The Kier molecular flexibility index (Phi) is 6.80. The van der Waals surface area contributed by atoms with Gasteiger partial charge in [0.25, 0.3) is 5.69 Å². The molecule has 0 spiro atoms. The number of rotatable bonds is 8. The minimum Gasteiger partial charge on any atom is -0.361 e. The van der Waals surface area contributed by atoms with Crippen molar-refractivity contribution in [3.8, 4) is 0 Å². The van der Waals surface area contributed by atoms with E-state index in [1.165, 1.54) is 17.7 Å². The zero-order valence-electron chi connectivity index (χ0n) is 13.7. The summed E-state index contributed by atoms with van der Waals surface area (Å²) in [5.41, 5.74) is 5.77. The lowest BCUT2D eigenvalue weighted by atomic mass is 10.1. The Balaban J connectivity index is 1.81. The molecule has 2 aromatic rings. The van der Waals surface area contributed by atoms with Crippen LogP contribution in [-0.4, -0.2) is 21.5 Å². The zero-order valence-corrected chi connectivity index (χ0v) is 14.5. The van der Waals surface area contributed by atoms with Crippen LogP contribution < -0.4 is 16.2 Å². The first-order chi connectivity index (χ1) is 12.5. The average molecular weight is 375 g/mol. The van der Waals surface area contributed by atoms with Gasteiger partial charge in [0.15, 0.2) is 5.11 Å². The highest BCUT2D eigenvalue weighted by atomic mass is 32.1. The fraction of sp³-hybridized carbons (Fsp3) is 0.188. The van der Waals surface area contributed by atoms with Crippen molar-refractivity contribution in [2.75, 3.05) is 12.0 Å². The van der Waals surface area contributed by atoms with E-state index in [1.807, 2.05) is 30.3 Å². The van der Waals surface area contributed by atoms with Gasteiger partial charge in [-0.1, -0.05) is 30.3 Å². The molecule has 10 heteroatoms. The van der Waals surface area contributed by atoms with Crippen LogP contribution in [0, 0.1) is 20.2 Å². The van der Waals surface area contributed by atoms with E-state index in [0.717, 1.165) is 18.9 Å². The van der Waals surface area contributed by atoms with Gasteiger partial charge in [-0.2, -0.15) is 0 Å². The lowest BCUT2D eigenvalue weighted by molar-refractivity contribution is -0.393. The van der Waals surface area contributed by atoms with Crippen LogP contribution in [0.3, 0.4) is 0 Å². The van der Waals surface area contributed by atoms with Gasteiger partial charge < -0.3 is 5.32 Å². The van der Waals surface area contributed by atoms with E-state index < -0.39 is 15.5 Å². The first-order valence-corrected chi connectivity index (χ1v) is 8.15. The molecule has 0 radical (unpaired) electrons. The fourth-order valence-electron chi connectivity index (χ4n) is 2.20. The molecule has 0 atom stereocenters. The van der Waals surface area contributed by atoms with Gasteiger partial charge in [-0.3, -0.25) is 31.1 Å². The summed E-state index contributed by atoms with van der Waals surface area (Å²) >= 11 is 5.10. The van der Waals surface area contributed by atoms with Gasteiger partial charge in [-0.15, -0.1) is 0 Å². The van der Waals surface area contributed by atoms with Crippen LogP contribution in [0.2, 0.25) is 0 Å². The number of thiocarbonyl (C=S) groups is 1. The maximum absolute atomic E-state index is 11.1. The molecule has 2 rings (SSSR count). The summed E-state index contributed by atoms with van der Waals surface area (Å²) in [7, 11) is 0. The second-order valence-corrected chi connectivity index (χ2v) is 5.72. The van der Waals surface area contributed by atoms with Crippen LogP contribution in [0.4, 0.5) is 17.1 Å². The van der Waals surface area contributed by atoms with Crippen molar-refractivity contribution in [1.29, 1.82) is 0 Å². The molecular formula is C16H17N5O4S. The Bertz CT molecular complexity index is 800. The predicted molar refractivity (Wildman–Crippen MR) is 102 cm³/mol. The molecule has 0 fully saturated rings. The van der Waals surface area contributed by atoms with Crippen LogP contribution in [0.25, 0.3) is 0 Å². The molecule has 0 saturated heterocycles. The number of nitro groups is 2. The van der Waals surface area contributed by atoms with Crippen molar-refractivity contribution >= 4 is 34.4 Å². The number of nitrogens with zero attached hydrogens (tertiary/aromatic N) is 2. The predicted octanol–water partition coefficient (Wildman–Crippen LogP) is 2.93. The molecule has 9 nitrogen and oxygen atoms in total. The molecule has 2 aromatic carbocycles. The summed E-state index contributed by atoms with van der Waals surface area (Å²) in [6.45, 7) is 0.630. The first-order valence-electron chi connectivity index (χ1n) is 7.74. The highest BCUT2D eigenvalue weighted by molar-refractivity contribution is 7.80. The third-order valence-corrected chi connectivity index (χ3v) is 3.72. The normalized spacial score (nSPS) is 10.0. The van der Waals surface area contributed by atoms with Gasteiger partial charge in [-0.25, -0.2) is 0 Å². The number of benzene rings is 2. The summed E-state index contributed by atoms with van der Waals surface area (Å²) in [6.07, 6.45) is 1.77. The Hall–Kier alpha value is -3.27. The topological polar surface area (TPSA) is 122 Å². The third kappa shape index (κ3) is 5.67. The number of nitrogens with one attached hydrogen (secondary N) is 3. The fourth-order valence-corrected chi connectivity index (χ4v) is 2.35. The van der Waals surface area contributed by atoms with Crippen LogP contribution in [0.15, 0.2) is 48.5 Å². The van der Waals surface area contributed by atoms with E-state index in [4.69, 9.17) is 12.2 Å². The van der Waals surface area contributed by atoms with E-state index >= 15 is 0 Å². The molecule has 0 saturated carbocycles. The third-order valence-electron chi connectivity index (χ3n) is 3.47. The van der Waals surface area contributed by atoms with Crippen molar-refractivity contribution in [2.24, 2.45) is 0 Å². The van der Waals surface area contributed by atoms with Gasteiger partial charge >= 0.3 is 5.69 Å². The number of hydrogen-bond acceptors (Lipinski definition) is 6. The highest BCUT2D eigenvalue weighted by Gasteiger charge is 2.19. The molecular weight excluding hydrogens is 358 g/mol. The van der Waals surface area contributed by atoms with Crippen molar-refractivity contribution in [3.05, 3.63) is 74.3 Å². The lowest BCUT2D eigenvalue weighted by Gasteiger charge is -2.12. The van der Waals surface area contributed by atoms with Gasteiger partial charge in [0.2, 0.25) is 0 Å². The van der Waals surface area contributed by atoms with E-state index in [9.17, 15) is 20.2 Å². The highest BCUT2D eigenvalue weighted by Crippen LogP contribution is 2.28. The smallest absolute Gasteiger partial charge is 0.300 e. The molecule has 3 N–H and O–H groups in total. The van der Waals surface area contributed by atoms with E-state index in [0.29, 0.717) is 6.54 Å². The Morgan fingerprint density at radius 2 is 1.77 bits per heavy atom. The van der Waals surface area contributed by atoms with Gasteiger partial charge in [0.1, 0.15) is 5.69 Å². The standard InChI is InChI=1S/C16H17N5O4S/c22-20(23)13-8-9-14(15(11-13)21(24)25)18-19-16(26)17-10-4-7-12-5-2-1-3-6-12/h1-3,5-6,8-9,11,18H,4,7,10H2,(H2,17,19,26). The van der Waals surface area contributed by atoms with Crippen LogP contribution in [-0.2, 0) is 6.42 Å². The zero-order chi connectivity index (χ0) is 18.9. The Morgan fingerprint density at radius 1 is 1.04 bits per heavy atom. The first kappa shape index (κ1) is 19.1. The summed E-state index contributed by atoms with van der Waals surface area (Å²) in [5, 5.41) is 25.0. The Morgan fingerprint density at radius 3 is 2.42 bits per heavy atom. The molecule has 0 aliphatic heterocycles. The molecule has 26 heavy (non-hydrogen) atoms. The molecule has 0 aliphatic carbocycles. The van der Waals surface area contributed by atoms with Crippen LogP contribution in [0.1, 0.15) is 12.0 Å². The van der Waals surface area contributed by atoms with Crippen LogP contribution >= 0.6 is 12.2 Å². The van der Waals surface area contributed by atoms with E-state index in [1.54, 1.807) is 0 Å². The largest absolute Gasteiger partial charge is 0.361 e. The molecule has 0 unspecified atom stereocenters. The molecule has 0 bridgehead atoms. The summed E-state index contributed by atoms with van der Waals surface area (Å²) in [5.74, 6) is 0. The second kappa shape index (κ2) is 9.28. The number of anilines is 1. The Labute approximate surface area is 154 Å². The minimum atomic E-state index is -0.701. The second-order valence-electron chi connectivity index (χ2n) is 5.31.